The molecule has 1 amide bonds. The molecule has 25 heavy (non-hydrogen) atoms. The highest BCUT2D eigenvalue weighted by molar-refractivity contribution is 5.92. The molecule has 0 radical (unpaired) electrons. The van der Waals surface area contributed by atoms with Gasteiger partial charge in [0.1, 0.15) is 5.75 Å². The van der Waals surface area contributed by atoms with E-state index in [4.69, 9.17) is 4.74 Å². The summed E-state index contributed by atoms with van der Waals surface area (Å²) in [6.07, 6.45) is 2.14. The van der Waals surface area contributed by atoms with Gasteiger partial charge in [-0.05, 0) is 43.3 Å². The van der Waals surface area contributed by atoms with E-state index in [0.717, 1.165) is 28.0 Å². The van der Waals surface area contributed by atoms with Crippen LogP contribution in [-0.4, -0.2) is 24.0 Å². The Bertz CT molecular complexity index is 842. The third-order valence-electron chi connectivity index (χ3n) is 3.75. The van der Waals surface area contributed by atoms with Gasteiger partial charge in [-0.25, -0.2) is 0 Å². The first-order chi connectivity index (χ1) is 12.3. The zero-order chi connectivity index (χ0) is 17.5. The van der Waals surface area contributed by atoms with Gasteiger partial charge in [0.05, 0.1) is 17.8 Å². The molecule has 2 N–H and O–H groups in total. The molecule has 1 aromatic heterocycles. The lowest BCUT2D eigenvalue weighted by Crippen LogP contribution is -2.16. The minimum atomic E-state index is -0.0372. The number of pyridine rings is 1. The molecule has 0 spiro atoms. The Labute approximate surface area is 147 Å². The van der Waals surface area contributed by atoms with Crippen molar-refractivity contribution in [2.45, 2.75) is 13.3 Å². The summed E-state index contributed by atoms with van der Waals surface area (Å²) in [5.41, 5.74) is 2.61. The number of aromatic nitrogens is 1. The maximum Gasteiger partial charge on any atom is 0.226 e. The fraction of sp³-hybridized carbons (Fsp3) is 0.200. The number of fused-ring (bicyclic) bond motifs is 1. The molecule has 3 rings (SSSR count). The number of para-hydroxylation sites is 1. The second-order valence-corrected chi connectivity index (χ2v) is 5.56. The third kappa shape index (κ3) is 4.47. The Morgan fingerprint density at radius 3 is 2.68 bits per heavy atom. The molecule has 0 unspecified atom stereocenters. The van der Waals surface area contributed by atoms with Gasteiger partial charge >= 0.3 is 0 Å². The van der Waals surface area contributed by atoms with Gasteiger partial charge < -0.3 is 15.4 Å². The van der Waals surface area contributed by atoms with Crippen LogP contribution in [0.2, 0.25) is 0 Å². The van der Waals surface area contributed by atoms with Crippen molar-refractivity contribution in [1.82, 2.24) is 4.98 Å². The zero-order valence-electron chi connectivity index (χ0n) is 14.2. The summed E-state index contributed by atoms with van der Waals surface area (Å²) in [5, 5.41) is 7.25. The quantitative estimate of drug-likeness (QED) is 0.683. The molecule has 5 nitrogen and oxygen atoms in total. The van der Waals surface area contributed by atoms with Crippen molar-refractivity contribution in [2.75, 3.05) is 23.8 Å². The van der Waals surface area contributed by atoms with E-state index < -0.39 is 0 Å². The largest absolute Gasteiger partial charge is 0.494 e. The Morgan fingerprint density at radius 1 is 1.08 bits per heavy atom. The van der Waals surface area contributed by atoms with Crippen LogP contribution < -0.4 is 15.4 Å². The maximum atomic E-state index is 12.1. The minimum Gasteiger partial charge on any atom is -0.494 e. The molecule has 0 saturated carbocycles. The fourth-order valence-corrected chi connectivity index (χ4v) is 2.58. The van der Waals surface area contributed by atoms with E-state index in [1.54, 1.807) is 6.20 Å². The summed E-state index contributed by atoms with van der Waals surface area (Å²) in [6.45, 7) is 3.10. The van der Waals surface area contributed by atoms with Crippen molar-refractivity contribution < 1.29 is 9.53 Å². The number of rotatable bonds is 7. The van der Waals surface area contributed by atoms with Gasteiger partial charge in [-0.1, -0.05) is 18.2 Å². The third-order valence-corrected chi connectivity index (χ3v) is 3.75. The van der Waals surface area contributed by atoms with Crippen LogP contribution in [0.1, 0.15) is 13.3 Å². The van der Waals surface area contributed by atoms with E-state index in [9.17, 15) is 4.79 Å². The lowest BCUT2D eigenvalue weighted by atomic mass is 10.2. The summed E-state index contributed by atoms with van der Waals surface area (Å²) in [5.74, 6) is 0.760. The van der Waals surface area contributed by atoms with Crippen LogP contribution in [0, 0.1) is 0 Å². The van der Waals surface area contributed by atoms with Gasteiger partial charge in [-0.3, -0.25) is 9.78 Å². The molecule has 3 aromatic rings. The number of benzene rings is 2. The number of ether oxygens (including phenoxy) is 1. The SMILES string of the molecule is CCOc1ccc(NC(=O)CCNc2cccc3cccnc23)cc1. The molecule has 0 aliphatic heterocycles. The van der Waals surface area contributed by atoms with Crippen molar-refractivity contribution in [3.05, 3.63) is 60.8 Å². The fourth-order valence-electron chi connectivity index (χ4n) is 2.58. The summed E-state index contributed by atoms with van der Waals surface area (Å²) in [7, 11) is 0. The van der Waals surface area contributed by atoms with E-state index >= 15 is 0 Å². The Hall–Kier alpha value is -3.08. The van der Waals surface area contributed by atoms with E-state index in [1.807, 2.05) is 61.5 Å². The van der Waals surface area contributed by atoms with Gasteiger partial charge in [0.2, 0.25) is 5.91 Å². The Kier molecular flexibility index (Phi) is 5.46. The molecule has 5 heteroatoms. The van der Waals surface area contributed by atoms with Gasteiger partial charge in [0.25, 0.3) is 0 Å². The van der Waals surface area contributed by atoms with Crippen LogP contribution >= 0.6 is 0 Å². The van der Waals surface area contributed by atoms with Crippen molar-refractivity contribution >= 4 is 28.2 Å². The van der Waals surface area contributed by atoms with Crippen LogP contribution in [-0.2, 0) is 4.79 Å². The van der Waals surface area contributed by atoms with Crippen molar-refractivity contribution in [1.29, 1.82) is 0 Å². The zero-order valence-corrected chi connectivity index (χ0v) is 14.2. The first-order valence-corrected chi connectivity index (χ1v) is 8.36. The molecule has 0 bridgehead atoms. The van der Waals surface area contributed by atoms with Gasteiger partial charge in [-0.2, -0.15) is 0 Å². The predicted octanol–water partition coefficient (Wildman–Crippen LogP) is 4.07. The topological polar surface area (TPSA) is 63.2 Å². The van der Waals surface area contributed by atoms with Crippen molar-refractivity contribution in [2.24, 2.45) is 0 Å². The van der Waals surface area contributed by atoms with Crippen LogP contribution in [0.4, 0.5) is 11.4 Å². The van der Waals surface area contributed by atoms with Gasteiger partial charge in [0.15, 0.2) is 0 Å². The molecular weight excluding hydrogens is 314 g/mol. The Morgan fingerprint density at radius 2 is 1.88 bits per heavy atom. The van der Waals surface area contributed by atoms with Gasteiger partial charge in [-0.15, -0.1) is 0 Å². The molecule has 128 valence electrons. The molecular formula is C20H21N3O2. The maximum absolute atomic E-state index is 12.1. The normalized spacial score (nSPS) is 10.4. The molecule has 0 aliphatic carbocycles. The summed E-state index contributed by atoms with van der Waals surface area (Å²) in [6, 6.07) is 17.3. The van der Waals surface area contributed by atoms with Crippen LogP contribution in [0.25, 0.3) is 10.9 Å². The number of anilines is 2. The highest BCUT2D eigenvalue weighted by Crippen LogP contribution is 2.20. The lowest BCUT2D eigenvalue weighted by Gasteiger charge is -2.10. The second-order valence-electron chi connectivity index (χ2n) is 5.56. The average Bonchev–Trinajstić information content (AvgIpc) is 2.64. The monoisotopic (exact) mass is 335 g/mol. The molecule has 0 fully saturated rings. The predicted molar refractivity (Wildman–Crippen MR) is 101 cm³/mol. The van der Waals surface area contributed by atoms with Crippen molar-refractivity contribution in [3.8, 4) is 5.75 Å². The van der Waals surface area contributed by atoms with Crippen molar-refractivity contribution in [3.63, 3.8) is 0 Å². The van der Waals surface area contributed by atoms with Crippen LogP contribution in [0.3, 0.4) is 0 Å². The second kappa shape index (κ2) is 8.15. The summed E-state index contributed by atoms with van der Waals surface area (Å²) in [4.78, 5) is 16.5. The first-order valence-electron chi connectivity index (χ1n) is 8.36. The standard InChI is InChI=1S/C20H21N3O2/c1-2-25-17-10-8-16(9-11-17)23-19(24)12-14-21-18-7-3-5-15-6-4-13-22-20(15)18/h3-11,13,21H,2,12,14H2,1H3,(H,23,24). The van der Waals surface area contributed by atoms with E-state index in [1.165, 1.54) is 0 Å². The highest BCUT2D eigenvalue weighted by Gasteiger charge is 2.05. The molecule has 0 atom stereocenters. The minimum absolute atomic E-state index is 0.0372. The van der Waals surface area contributed by atoms with Crippen LogP contribution in [0.5, 0.6) is 5.75 Å². The molecule has 0 saturated heterocycles. The van der Waals surface area contributed by atoms with E-state index in [-0.39, 0.29) is 5.91 Å². The molecule has 2 aromatic carbocycles. The number of carbonyl (C=O) groups excluding carboxylic acids is 1. The summed E-state index contributed by atoms with van der Waals surface area (Å²) >= 11 is 0. The molecule has 1 heterocycles. The first kappa shape index (κ1) is 16.8. The molecule has 0 aliphatic rings. The number of amides is 1. The lowest BCUT2D eigenvalue weighted by molar-refractivity contribution is -0.115. The smallest absolute Gasteiger partial charge is 0.226 e. The number of hydrogen-bond donors (Lipinski definition) is 2. The Balaban J connectivity index is 1.52. The highest BCUT2D eigenvalue weighted by atomic mass is 16.5. The number of nitrogens with one attached hydrogen (secondary N) is 2. The van der Waals surface area contributed by atoms with Crippen LogP contribution in [0.15, 0.2) is 60.8 Å². The average molecular weight is 335 g/mol. The number of hydrogen-bond acceptors (Lipinski definition) is 4. The van der Waals surface area contributed by atoms with E-state index in [0.29, 0.717) is 19.6 Å². The summed E-state index contributed by atoms with van der Waals surface area (Å²) < 4.78 is 5.39. The number of carbonyl (C=O) groups is 1. The van der Waals surface area contributed by atoms with E-state index in [2.05, 4.69) is 15.6 Å². The van der Waals surface area contributed by atoms with Gasteiger partial charge in [0, 0.05) is 30.2 Å². The number of nitrogens with zero attached hydrogens (tertiary/aromatic N) is 1.